The molecule has 0 saturated carbocycles. The van der Waals surface area contributed by atoms with Gasteiger partial charge in [0.15, 0.2) is 0 Å². The number of hydrogen-bond donors (Lipinski definition) is 1. The highest BCUT2D eigenvalue weighted by Crippen LogP contribution is 2.25. The number of halogens is 1. The van der Waals surface area contributed by atoms with Gasteiger partial charge < -0.3 is 14.5 Å². The average Bonchev–Trinajstić information content (AvgIpc) is 2.75. The third-order valence-electron chi connectivity index (χ3n) is 2.45. The first-order valence-corrected chi connectivity index (χ1v) is 5.63. The largest absolute Gasteiger partial charge is 0.466 e. The molecule has 1 saturated heterocycles. The van der Waals surface area contributed by atoms with E-state index < -0.39 is 0 Å². The lowest BCUT2D eigenvalue weighted by molar-refractivity contribution is 0.187. The molecule has 2 heterocycles. The molecule has 78 valence electrons. The second kappa shape index (κ2) is 4.47. The zero-order chi connectivity index (χ0) is 9.97. The Bertz CT molecular complexity index is 294. The Morgan fingerprint density at radius 3 is 3.07 bits per heavy atom. The molecule has 1 aromatic heterocycles. The van der Waals surface area contributed by atoms with Gasteiger partial charge in [-0.1, -0.05) is 0 Å². The fourth-order valence-corrected chi connectivity index (χ4v) is 2.25. The van der Waals surface area contributed by atoms with Gasteiger partial charge in [-0.2, -0.15) is 0 Å². The Hall–Kier alpha value is -0.320. The van der Waals surface area contributed by atoms with Crippen molar-refractivity contribution in [2.75, 3.05) is 13.2 Å². The number of ether oxygens (including phenoxy) is 1. The molecule has 0 bridgehead atoms. The normalized spacial score (nSPS) is 24.0. The lowest BCUT2D eigenvalue weighted by Gasteiger charge is -2.16. The van der Waals surface area contributed by atoms with Crippen molar-refractivity contribution in [3.63, 3.8) is 0 Å². The number of nitrogens with one attached hydrogen (secondary N) is 1. The topological polar surface area (TPSA) is 34.4 Å². The Morgan fingerprint density at radius 2 is 2.50 bits per heavy atom. The highest BCUT2D eigenvalue weighted by Gasteiger charge is 2.20. The minimum Gasteiger partial charge on any atom is -0.466 e. The molecule has 14 heavy (non-hydrogen) atoms. The average molecular weight is 260 g/mol. The van der Waals surface area contributed by atoms with E-state index in [9.17, 15) is 0 Å². The van der Waals surface area contributed by atoms with E-state index in [-0.39, 0.29) is 6.04 Å². The molecular formula is C10H14BrNO2. The molecule has 4 heteroatoms. The zero-order valence-electron chi connectivity index (χ0n) is 8.13. The first-order valence-electron chi connectivity index (χ1n) is 4.84. The first-order chi connectivity index (χ1) is 6.77. The van der Waals surface area contributed by atoms with E-state index in [4.69, 9.17) is 9.15 Å². The van der Waals surface area contributed by atoms with Crippen LogP contribution < -0.4 is 5.32 Å². The van der Waals surface area contributed by atoms with Crippen LogP contribution in [0.3, 0.4) is 0 Å². The van der Waals surface area contributed by atoms with Crippen molar-refractivity contribution in [3.05, 3.63) is 22.6 Å². The first kappa shape index (κ1) is 10.2. The van der Waals surface area contributed by atoms with E-state index in [1.54, 1.807) is 6.26 Å². The third-order valence-corrected chi connectivity index (χ3v) is 3.11. The predicted octanol–water partition coefficient (Wildman–Crippen LogP) is 2.48. The maximum atomic E-state index is 5.39. The van der Waals surface area contributed by atoms with Crippen molar-refractivity contribution >= 4 is 15.9 Å². The van der Waals surface area contributed by atoms with Gasteiger partial charge in [-0.05, 0) is 35.3 Å². The van der Waals surface area contributed by atoms with E-state index in [0.717, 1.165) is 29.9 Å². The van der Waals surface area contributed by atoms with Crippen LogP contribution in [0.5, 0.6) is 0 Å². The van der Waals surface area contributed by atoms with Crippen LogP contribution in [-0.4, -0.2) is 19.3 Å². The maximum absolute atomic E-state index is 5.39. The van der Waals surface area contributed by atoms with Crippen molar-refractivity contribution in [3.8, 4) is 0 Å². The zero-order valence-corrected chi connectivity index (χ0v) is 9.71. The summed E-state index contributed by atoms with van der Waals surface area (Å²) >= 11 is 3.45. The van der Waals surface area contributed by atoms with Gasteiger partial charge in [0.2, 0.25) is 0 Å². The number of hydrogen-bond acceptors (Lipinski definition) is 3. The fourth-order valence-electron chi connectivity index (χ4n) is 1.71. The number of rotatable bonds is 3. The van der Waals surface area contributed by atoms with Gasteiger partial charge in [-0.25, -0.2) is 0 Å². The minimum absolute atomic E-state index is 0.228. The van der Waals surface area contributed by atoms with E-state index in [2.05, 4.69) is 28.2 Å². The van der Waals surface area contributed by atoms with Gasteiger partial charge in [-0.3, -0.25) is 0 Å². The SMILES string of the molecule is CC(NC1CCOC1)c1occc1Br. The number of furan rings is 1. The predicted molar refractivity (Wildman–Crippen MR) is 57.2 cm³/mol. The molecular weight excluding hydrogens is 246 g/mol. The molecule has 2 unspecified atom stereocenters. The Balaban J connectivity index is 1.95. The van der Waals surface area contributed by atoms with Crippen LogP contribution in [0, 0.1) is 0 Å². The van der Waals surface area contributed by atoms with Gasteiger partial charge in [0.05, 0.1) is 23.4 Å². The fraction of sp³-hybridized carbons (Fsp3) is 0.600. The molecule has 1 N–H and O–H groups in total. The Kier molecular flexibility index (Phi) is 3.26. The van der Waals surface area contributed by atoms with Crippen molar-refractivity contribution < 1.29 is 9.15 Å². The van der Waals surface area contributed by atoms with Gasteiger partial charge in [0.25, 0.3) is 0 Å². The van der Waals surface area contributed by atoms with E-state index in [0.29, 0.717) is 6.04 Å². The molecule has 2 atom stereocenters. The van der Waals surface area contributed by atoms with Crippen molar-refractivity contribution in [1.29, 1.82) is 0 Å². The summed E-state index contributed by atoms with van der Waals surface area (Å²) in [4.78, 5) is 0. The maximum Gasteiger partial charge on any atom is 0.134 e. The second-order valence-electron chi connectivity index (χ2n) is 3.58. The molecule has 0 aromatic carbocycles. The molecule has 1 fully saturated rings. The van der Waals surface area contributed by atoms with E-state index >= 15 is 0 Å². The van der Waals surface area contributed by atoms with Crippen LogP contribution in [-0.2, 0) is 4.74 Å². The molecule has 3 nitrogen and oxygen atoms in total. The Labute approximate surface area is 91.9 Å². The van der Waals surface area contributed by atoms with Gasteiger partial charge in [0.1, 0.15) is 5.76 Å². The Morgan fingerprint density at radius 1 is 1.64 bits per heavy atom. The highest BCUT2D eigenvalue weighted by atomic mass is 79.9. The summed E-state index contributed by atoms with van der Waals surface area (Å²) in [6.07, 6.45) is 2.78. The van der Waals surface area contributed by atoms with Crippen molar-refractivity contribution in [2.45, 2.75) is 25.4 Å². The van der Waals surface area contributed by atoms with Gasteiger partial charge >= 0.3 is 0 Å². The van der Waals surface area contributed by atoms with Crippen LogP contribution in [0.1, 0.15) is 25.1 Å². The molecule has 1 aromatic rings. The van der Waals surface area contributed by atoms with Crippen LogP contribution in [0.25, 0.3) is 0 Å². The highest BCUT2D eigenvalue weighted by molar-refractivity contribution is 9.10. The molecule has 0 radical (unpaired) electrons. The van der Waals surface area contributed by atoms with Gasteiger partial charge in [0, 0.05) is 12.6 Å². The molecule has 2 rings (SSSR count). The summed E-state index contributed by atoms with van der Waals surface area (Å²) in [5.41, 5.74) is 0. The summed E-state index contributed by atoms with van der Waals surface area (Å²) < 4.78 is 11.7. The van der Waals surface area contributed by atoms with Crippen LogP contribution in [0.4, 0.5) is 0 Å². The molecule has 0 spiro atoms. The van der Waals surface area contributed by atoms with E-state index in [1.165, 1.54) is 0 Å². The molecule has 1 aliphatic rings. The standard InChI is InChI=1S/C10H14BrNO2/c1-7(10-9(11)3-5-14-10)12-8-2-4-13-6-8/h3,5,7-8,12H,2,4,6H2,1H3. The van der Waals surface area contributed by atoms with Crippen molar-refractivity contribution in [1.82, 2.24) is 5.32 Å². The lowest BCUT2D eigenvalue weighted by atomic mass is 10.2. The van der Waals surface area contributed by atoms with Gasteiger partial charge in [-0.15, -0.1) is 0 Å². The lowest BCUT2D eigenvalue weighted by Crippen LogP contribution is -2.31. The van der Waals surface area contributed by atoms with Crippen molar-refractivity contribution in [2.24, 2.45) is 0 Å². The summed E-state index contributed by atoms with van der Waals surface area (Å²) in [6.45, 7) is 3.77. The molecule has 0 amide bonds. The molecule has 1 aliphatic heterocycles. The second-order valence-corrected chi connectivity index (χ2v) is 4.44. The van der Waals surface area contributed by atoms with E-state index in [1.807, 2.05) is 6.07 Å². The van der Waals surface area contributed by atoms with Crippen LogP contribution in [0.2, 0.25) is 0 Å². The third kappa shape index (κ3) is 2.19. The molecule has 0 aliphatic carbocycles. The summed E-state index contributed by atoms with van der Waals surface area (Å²) in [6, 6.07) is 2.60. The van der Waals surface area contributed by atoms with Crippen LogP contribution >= 0.6 is 15.9 Å². The summed E-state index contributed by atoms with van der Waals surface area (Å²) in [5.74, 6) is 0.955. The monoisotopic (exact) mass is 259 g/mol. The smallest absolute Gasteiger partial charge is 0.134 e. The summed E-state index contributed by atoms with van der Waals surface area (Å²) in [5, 5.41) is 3.47. The summed E-state index contributed by atoms with van der Waals surface area (Å²) in [7, 11) is 0. The quantitative estimate of drug-likeness (QED) is 0.906. The van der Waals surface area contributed by atoms with Crippen LogP contribution in [0.15, 0.2) is 21.2 Å². The minimum atomic E-state index is 0.228.